The highest BCUT2D eigenvalue weighted by Gasteiger charge is 2.20. The van der Waals surface area contributed by atoms with Crippen molar-refractivity contribution in [3.8, 4) is 0 Å². The lowest BCUT2D eigenvalue weighted by Gasteiger charge is -2.32. The van der Waals surface area contributed by atoms with Crippen LogP contribution in [-0.4, -0.2) is 37.6 Å². The largest absolute Gasteiger partial charge is 0.465 e. The minimum Gasteiger partial charge on any atom is -0.465 e. The van der Waals surface area contributed by atoms with Crippen molar-refractivity contribution >= 4 is 17.6 Å². The van der Waals surface area contributed by atoms with E-state index in [-0.39, 0.29) is 5.97 Å². The number of hydrogen-bond donors (Lipinski definition) is 1. The van der Waals surface area contributed by atoms with Gasteiger partial charge in [-0.05, 0) is 62.0 Å². The molecule has 4 nitrogen and oxygen atoms in total. The second-order valence-corrected chi connectivity index (χ2v) is 6.03. The number of hydrogen-bond acceptors (Lipinski definition) is 4. The van der Waals surface area contributed by atoms with Gasteiger partial charge in [0.25, 0.3) is 0 Å². The van der Waals surface area contributed by atoms with E-state index in [4.69, 9.17) is 22.1 Å². The van der Waals surface area contributed by atoms with Crippen LogP contribution in [0.4, 0.5) is 0 Å². The van der Waals surface area contributed by atoms with Crippen molar-refractivity contribution in [2.45, 2.75) is 25.8 Å². The summed E-state index contributed by atoms with van der Waals surface area (Å²) < 4.78 is 4.76. The zero-order chi connectivity index (χ0) is 15.2. The minimum absolute atomic E-state index is 0.326. The van der Waals surface area contributed by atoms with E-state index in [0.29, 0.717) is 16.5 Å². The Hall–Kier alpha value is -1.10. The van der Waals surface area contributed by atoms with Gasteiger partial charge in [0.1, 0.15) is 0 Å². The van der Waals surface area contributed by atoms with Crippen LogP contribution in [0.3, 0.4) is 0 Å². The van der Waals surface area contributed by atoms with Gasteiger partial charge in [-0.2, -0.15) is 0 Å². The van der Waals surface area contributed by atoms with Crippen LogP contribution in [0.5, 0.6) is 0 Å². The van der Waals surface area contributed by atoms with Crippen molar-refractivity contribution in [3.05, 3.63) is 34.3 Å². The van der Waals surface area contributed by atoms with Crippen molar-refractivity contribution in [1.82, 2.24) is 4.90 Å². The molecule has 0 aromatic heterocycles. The number of likely N-dealkylation sites (tertiary alicyclic amines) is 1. The highest BCUT2D eigenvalue weighted by molar-refractivity contribution is 6.31. The fourth-order valence-corrected chi connectivity index (χ4v) is 3.13. The molecule has 1 heterocycles. The van der Waals surface area contributed by atoms with Crippen LogP contribution in [0.1, 0.15) is 35.2 Å². The second-order valence-electron chi connectivity index (χ2n) is 5.62. The molecule has 1 saturated heterocycles. The summed E-state index contributed by atoms with van der Waals surface area (Å²) in [5.74, 6) is 0.346. The summed E-state index contributed by atoms with van der Waals surface area (Å²) in [5, 5.41) is 0.698. The first-order chi connectivity index (χ1) is 10.1. The average Bonchev–Trinajstić information content (AvgIpc) is 2.49. The fraction of sp³-hybridized carbons (Fsp3) is 0.562. The monoisotopic (exact) mass is 310 g/mol. The molecule has 1 aliphatic rings. The van der Waals surface area contributed by atoms with E-state index >= 15 is 0 Å². The number of methoxy groups -OCH3 is 1. The van der Waals surface area contributed by atoms with Crippen LogP contribution in [0.15, 0.2) is 18.2 Å². The van der Waals surface area contributed by atoms with Gasteiger partial charge in [0.15, 0.2) is 0 Å². The quantitative estimate of drug-likeness (QED) is 0.850. The first-order valence-corrected chi connectivity index (χ1v) is 7.81. The van der Waals surface area contributed by atoms with E-state index in [1.807, 2.05) is 6.07 Å². The van der Waals surface area contributed by atoms with Gasteiger partial charge < -0.3 is 10.5 Å². The molecule has 1 fully saturated rings. The normalized spacial score (nSPS) is 19.5. The summed E-state index contributed by atoms with van der Waals surface area (Å²) in [4.78, 5) is 14.0. The van der Waals surface area contributed by atoms with Crippen LogP contribution in [0, 0.1) is 5.92 Å². The molecule has 21 heavy (non-hydrogen) atoms. The molecule has 0 bridgehead atoms. The zero-order valence-corrected chi connectivity index (χ0v) is 13.2. The molecule has 0 radical (unpaired) electrons. The number of carbonyl (C=O) groups excluding carboxylic acids is 1. The SMILES string of the molecule is COC(=O)c1ccc(Cl)c(CN2CCCC(CCN)C2)c1. The lowest BCUT2D eigenvalue weighted by molar-refractivity contribution is 0.0600. The maximum absolute atomic E-state index is 11.6. The van der Waals surface area contributed by atoms with Gasteiger partial charge >= 0.3 is 5.97 Å². The number of rotatable bonds is 5. The third-order valence-corrected chi connectivity index (χ3v) is 4.41. The average molecular weight is 311 g/mol. The fourth-order valence-electron chi connectivity index (χ4n) is 2.95. The van der Waals surface area contributed by atoms with Crippen LogP contribution in [0.2, 0.25) is 5.02 Å². The molecular weight excluding hydrogens is 288 g/mol. The number of piperidine rings is 1. The summed E-state index contributed by atoms with van der Waals surface area (Å²) >= 11 is 6.26. The molecule has 1 aliphatic heterocycles. The molecule has 0 spiro atoms. The Labute approximate surface area is 131 Å². The molecule has 0 amide bonds. The molecule has 0 saturated carbocycles. The summed E-state index contributed by atoms with van der Waals surface area (Å²) in [6, 6.07) is 5.30. The standard InChI is InChI=1S/C16H23ClN2O2/c1-21-16(20)13-4-5-15(17)14(9-13)11-19-8-2-3-12(10-19)6-7-18/h4-5,9,12H,2-3,6-8,10-11,18H2,1H3. The van der Waals surface area contributed by atoms with Crippen molar-refractivity contribution in [3.63, 3.8) is 0 Å². The van der Waals surface area contributed by atoms with Crippen LogP contribution >= 0.6 is 11.6 Å². The van der Waals surface area contributed by atoms with Crippen LogP contribution in [-0.2, 0) is 11.3 Å². The molecule has 2 rings (SSSR count). The van der Waals surface area contributed by atoms with Crippen LogP contribution < -0.4 is 5.73 Å². The van der Waals surface area contributed by atoms with Crippen molar-refractivity contribution in [1.29, 1.82) is 0 Å². The Bertz CT molecular complexity index is 491. The zero-order valence-electron chi connectivity index (χ0n) is 12.5. The van der Waals surface area contributed by atoms with Crippen molar-refractivity contribution < 1.29 is 9.53 Å². The Morgan fingerprint density at radius 2 is 2.33 bits per heavy atom. The lowest BCUT2D eigenvalue weighted by Crippen LogP contribution is -2.35. The summed E-state index contributed by atoms with van der Waals surface area (Å²) in [6.45, 7) is 3.64. The predicted octanol–water partition coefficient (Wildman–Crippen LogP) is 2.69. The van der Waals surface area contributed by atoms with Crippen molar-refractivity contribution in [2.24, 2.45) is 11.7 Å². The number of ether oxygens (including phenoxy) is 1. The van der Waals surface area contributed by atoms with Crippen LogP contribution in [0.25, 0.3) is 0 Å². The molecule has 1 aromatic carbocycles. The molecule has 2 N–H and O–H groups in total. The van der Waals surface area contributed by atoms with Gasteiger partial charge in [0.05, 0.1) is 12.7 Å². The smallest absolute Gasteiger partial charge is 0.337 e. The van der Waals surface area contributed by atoms with Gasteiger partial charge in [-0.25, -0.2) is 4.79 Å². The van der Waals surface area contributed by atoms with E-state index in [2.05, 4.69) is 4.90 Å². The first kappa shape index (κ1) is 16.3. The molecule has 5 heteroatoms. The molecular formula is C16H23ClN2O2. The number of nitrogens with two attached hydrogens (primary N) is 1. The summed E-state index contributed by atoms with van der Waals surface area (Å²) in [7, 11) is 1.39. The maximum atomic E-state index is 11.6. The number of benzene rings is 1. The molecule has 0 aliphatic carbocycles. The maximum Gasteiger partial charge on any atom is 0.337 e. The predicted molar refractivity (Wildman–Crippen MR) is 84.5 cm³/mol. The molecule has 1 aromatic rings. The first-order valence-electron chi connectivity index (χ1n) is 7.43. The lowest BCUT2D eigenvalue weighted by atomic mass is 9.94. The topological polar surface area (TPSA) is 55.6 Å². The Kier molecular flexibility index (Phi) is 6.03. The number of carbonyl (C=O) groups is 1. The van der Waals surface area contributed by atoms with Gasteiger partial charge in [0, 0.05) is 18.1 Å². The third-order valence-electron chi connectivity index (χ3n) is 4.04. The minimum atomic E-state index is -0.326. The van der Waals surface area contributed by atoms with E-state index < -0.39 is 0 Å². The molecule has 116 valence electrons. The summed E-state index contributed by atoms with van der Waals surface area (Å²) in [5.41, 5.74) is 7.19. The van der Waals surface area contributed by atoms with E-state index in [1.54, 1.807) is 12.1 Å². The Morgan fingerprint density at radius 3 is 3.05 bits per heavy atom. The van der Waals surface area contributed by atoms with Gasteiger partial charge in [-0.3, -0.25) is 4.90 Å². The third kappa shape index (κ3) is 4.43. The Morgan fingerprint density at radius 1 is 1.52 bits per heavy atom. The summed E-state index contributed by atoms with van der Waals surface area (Å²) in [6.07, 6.45) is 3.52. The second kappa shape index (κ2) is 7.78. The van der Waals surface area contributed by atoms with Gasteiger partial charge in [0.2, 0.25) is 0 Å². The van der Waals surface area contributed by atoms with Crippen molar-refractivity contribution in [2.75, 3.05) is 26.7 Å². The van der Waals surface area contributed by atoms with E-state index in [9.17, 15) is 4.79 Å². The van der Waals surface area contributed by atoms with E-state index in [0.717, 1.165) is 38.2 Å². The van der Waals surface area contributed by atoms with E-state index in [1.165, 1.54) is 20.0 Å². The number of esters is 1. The van der Waals surface area contributed by atoms with Gasteiger partial charge in [-0.1, -0.05) is 11.6 Å². The Balaban J connectivity index is 2.06. The highest BCUT2D eigenvalue weighted by atomic mass is 35.5. The van der Waals surface area contributed by atoms with Gasteiger partial charge in [-0.15, -0.1) is 0 Å². The molecule has 1 atom stereocenters. The molecule has 1 unspecified atom stereocenters. The number of halogens is 1. The number of nitrogens with zero attached hydrogens (tertiary/aromatic N) is 1. The highest BCUT2D eigenvalue weighted by Crippen LogP contribution is 2.24.